The van der Waals surface area contributed by atoms with Crippen molar-refractivity contribution in [1.29, 1.82) is 0 Å². The number of carboxylic acid groups (broad SMARTS) is 1. The van der Waals surface area contributed by atoms with Gasteiger partial charge in [-0.05, 0) is 43.9 Å². The van der Waals surface area contributed by atoms with E-state index in [1.807, 2.05) is 6.92 Å². The maximum Gasteiger partial charge on any atom is 0.416 e. The van der Waals surface area contributed by atoms with Gasteiger partial charge in [-0.15, -0.1) is 0 Å². The van der Waals surface area contributed by atoms with Gasteiger partial charge in [0.1, 0.15) is 6.54 Å². The van der Waals surface area contributed by atoms with Crippen molar-refractivity contribution in [3.63, 3.8) is 0 Å². The Balaban J connectivity index is 1.97. The summed E-state index contributed by atoms with van der Waals surface area (Å²) in [6.07, 6.45) is -1.83. The molecule has 1 saturated heterocycles. The highest BCUT2D eigenvalue weighted by Gasteiger charge is 2.30. The number of rotatable bonds is 7. The van der Waals surface area contributed by atoms with E-state index in [2.05, 4.69) is 0 Å². The van der Waals surface area contributed by atoms with Gasteiger partial charge >= 0.3 is 12.1 Å². The molecule has 2 atom stereocenters. The fourth-order valence-corrected chi connectivity index (χ4v) is 2.96. The fraction of sp³-hybridized carbons (Fsp3) is 0.556. The van der Waals surface area contributed by atoms with Crippen LogP contribution in [0.4, 0.5) is 13.2 Å². The third kappa shape index (κ3) is 6.01. The lowest BCUT2D eigenvalue weighted by Crippen LogP contribution is -2.35. The molecule has 0 bridgehead atoms. The van der Waals surface area contributed by atoms with Gasteiger partial charge in [0.25, 0.3) is 0 Å². The molecule has 0 aromatic heterocycles. The molecule has 26 heavy (non-hydrogen) atoms. The van der Waals surface area contributed by atoms with Crippen molar-refractivity contribution in [3.8, 4) is 0 Å². The summed E-state index contributed by atoms with van der Waals surface area (Å²) in [7, 11) is 0. The Bertz CT molecular complexity index is 630. The number of ether oxygens (including phenoxy) is 1. The minimum Gasteiger partial charge on any atom is -0.480 e. The van der Waals surface area contributed by atoms with E-state index < -0.39 is 24.3 Å². The molecule has 0 spiro atoms. The van der Waals surface area contributed by atoms with Crippen LogP contribution >= 0.6 is 0 Å². The Hall–Kier alpha value is -2.09. The minimum atomic E-state index is -4.44. The summed E-state index contributed by atoms with van der Waals surface area (Å²) in [5.74, 6) is -1.52. The number of halogens is 3. The van der Waals surface area contributed by atoms with Crippen LogP contribution in [0.15, 0.2) is 24.3 Å². The molecule has 0 saturated carbocycles. The van der Waals surface area contributed by atoms with Gasteiger partial charge < -0.3 is 14.7 Å². The van der Waals surface area contributed by atoms with E-state index in [0.29, 0.717) is 12.0 Å². The van der Waals surface area contributed by atoms with Crippen LogP contribution < -0.4 is 0 Å². The molecule has 1 heterocycles. The largest absolute Gasteiger partial charge is 0.480 e. The van der Waals surface area contributed by atoms with Crippen LogP contribution in [0.25, 0.3) is 0 Å². The third-order valence-electron chi connectivity index (χ3n) is 4.33. The van der Waals surface area contributed by atoms with E-state index >= 15 is 0 Å². The summed E-state index contributed by atoms with van der Waals surface area (Å²) < 4.78 is 43.5. The van der Waals surface area contributed by atoms with Crippen molar-refractivity contribution < 1.29 is 32.6 Å². The first-order valence-corrected chi connectivity index (χ1v) is 8.46. The standard InChI is InChI=1S/C18H22F3NO4/c1-12-2-7-15(26-12)8-9-16(23)22(11-17(24)25)10-13-3-5-14(6-4-13)18(19,20)21/h3-6,12,15H,2,7-11H2,1H3,(H,24,25). The number of aliphatic carboxylic acids is 1. The zero-order valence-electron chi connectivity index (χ0n) is 14.5. The Morgan fingerprint density at radius 3 is 2.38 bits per heavy atom. The molecule has 0 radical (unpaired) electrons. The zero-order valence-corrected chi connectivity index (χ0v) is 14.5. The molecule has 144 valence electrons. The van der Waals surface area contributed by atoms with Crippen LogP contribution in [-0.2, 0) is 27.0 Å². The lowest BCUT2D eigenvalue weighted by molar-refractivity contribution is -0.145. The number of benzene rings is 1. The van der Waals surface area contributed by atoms with Crippen molar-refractivity contribution in [2.24, 2.45) is 0 Å². The van der Waals surface area contributed by atoms with Gasteiger partial charge in [-0.2, -0.15) is 13.2 Å². The van der Waals surface area contributed by atoms with Gasteiger partial charge in [0.05, 0.1) is 17.8 Å². The van der Waals surface area contributed by atoms with Crippen LogP contribution in [0, 0.1) is 0 Å². The van der Waals surface area contributed by atoms with Crippen molar-refractivity contribution in [3.05, 3.63) is 35.4 Å². The SMILES string of the molecule is CC1CCC(CCC(=O)N(CC(=O)O)Cc2ccc(C(F)(F)F)cc2)O1. The molecule has 1 aliphatic heterocycles. The minimum absolute atomic E-state index is 0.00769. The molecule has 5 nitrogen and oxygen atoms in total. The molecule has 0 aliphatic carbocycles. The number of hydrogen-bond acceptors (Lipinski definition) is 3. The summed E-state index contributed by atoms with van der Waals surface area (Å²) in [5.41, 5.74) is -0.344. The predicted octanol–water partition coefficient (Wildman–Crippen LogP) is 3.47. The van der Waals surface area contributed by atoms with Crippen molar-refractivity contribution in [2.45, 2.75) is 57.5 Å². The van der Waals surface area contributed by atoms with E-state index in [0.717, 1.165) is 29.9 Å². The first-order valence-electron chi connectivity index (χ1n) is 8.46. The van der Waals surface area contributed by atoms with Gasteiger partial charge in [-0.3, -0.25) is 9.59 Å². The van der Waals surface area contributed by atoms with Gasteiger partial charge in [0.15, 0.2) is 0 Å². The molecule has 1 aliphatic rings. The molecule has 1 fully saturated rings. The van der Waals surface area contributed by atoms with Crippen LogP contribution in [0.2, 0.25) is 0 Å². The number of carbonyl (C=O) groups is 2. The first-order chi connectivity index (χ1) is 12.1. The average molecular weight is 373 g/mol. The molecule has 2 unspecified atom stereocenters. The Kier molecular flexibility index (Phi) is 6.63. The van der Waals surface area contributed by atoms with E-state index in [1.54, 1.807) is 0 Å². The molecule has 2 rings (SSSR count). The van der Waals surface area contributed by atoms with Crippen molar-refractivity contribution in [1.82, 2.24) is 4.90 Å². The van der Waals surface area contributed by atoms with Crippen LogP contribution in [-0.4, -0.2) is 40.6 Å². The van der Waals surface area contributed by atoms with Crippen molar-refractivity contribution >= 4 is 11.9 Å². The quantitative estimate of drug-likeness (QED) is 0.795. The van der Waals surface area contributed by atoms with E-state index in [4.69, 9.17) is 9.84 Å². The summed E-state index contributed by atoms with van der Waals surface area (Å²) in [5, 5.41) is 9.01. The number of alkyl halides is 3. The zero-order chi connectivity index (χ0) is 19.3. The number of amides is 1. The van der Waals surface area contributed by atoms with Gasteiger partial charge in [0, 0.05) is 13.0 Å². The molecule has 1 aromatic carbocycles. The highest BCUT2D eigenvalue weighted by atomic mass is 19.4. The molecule has 1 amide bonds. The fourth-order valence-electron chi connectivity index (χ4n) is 2.96. The topological polar surface area (TPSA) is 66.8 Å². The lowest BCUT2D eigenvalue weighted by atomic mass is 10.1. The van der Waals surface area contributed by atoms with E-state index in [9.17, 15) is 22.8 Å². The smallest absolute Gasteiger partial charge is 0.416 e. The van der Waals surface area contributed by atoms with E-state index in [-0.39, 0.29) is 31.1 Å². The molecular formula is C18H22F3NO4. The van der Waals surface area contributed by atoms with Crippen LogP contribution in [0.1, 0.15) is 43.7 Å². The number of nitrogens with zero attached hydrogens (tertiary/aromatic N) is 1. The second-order valence-corrected chi connectivity index (χ2v) is 6.52. The predicted molar refractivity (Wildman–Crippen MR) is 87.3 cm³/mol. The highest BCUT2D eigenvalue weighted by molar-refractivity contribution is 5.81. The normalized spacial score (nSPS) is 20.2. The summed E-state index contributed by atoms with van der Waals surface area (Å²) >= 11 is 0. The molecule has 1 aromatic rings. The average Bonchev–Trinajstić information content (AvgIpc) is 2.96. The third-order valence-corrected chi connectivity index (χ3v) is 4.33. The Morgan fingerprint density at radius 2 is 1.88 bits per heavy atom. The number of carbonyl (C=O) groups excluding carboxylic acids is 1. The first kappa shape index (κ1) is 20.2. The van der Waals surface area contributed by atoms with E-state index in [1.165, 1.54) is 12.1 Å². The highest BCUT2D eigenvalue weighted by Crippen LogP contribution is 2.29. The molecular weight excluding hydrogens is 351 g/mol. The monoisotopic (exact) mass is 373 g/mol. The molecule has 8 heteroatoms. The second kappa shape index (κ2) is 8.53. The van der Waals surface area contributed by atoms with Crippen LogP contribution in [0.5, 0.6) is 0 Å². The Labute approximate surface area is 149 Å². The van der Waals surface area contributed by atoms with Crippen molar-refractivity contribution in [2.75, 3.05) is 6.54 Å². The lowest BCUT2D eigenvalue weighted by Gasteiger charge is -2.22. The number of hydrogen-bond donors (Lipinski definition) is 1. The van der Waals surface area contributed by atoms with Crippen LogP contribution in [0.3, 0.4) is 0 Å². The second-order valence-electron chi connectivity index (χ2n) is 6.52. The van der Waals surface area contributed by atoms with Gasteiger partial charge in [-0.25, -0.2) is 0 Å². The summed E-state index contributed by atoms with van der Waals surface area (Å²) in [6.45, 7) is 1.41. The van der Waals surface area contributed by atoms with Gasteiger partial charge in [0.2, 0.25) is 5.91 Å². The van der Waals surface area contributed by atoms with Gasteiger partial charge in [-0.1, -0.05) is 12.1 Å². The summed E-state index contributed by atoms with van der Waals surface area (Å²) in [6, 6.07) is 4.36. The number of carboxylic acids is 1. The maximum atomic E-state index is 12.6. The maximum absolute atomic E-state index is 12.6. The Morgan fingerprint density at radius 1 is 1.23 bits per heavy atom. The molecule has 1 N–H and O–H groups in total. The summed E-state index contributed by atoms with van der Waals surface area (Å²) in [4.78, 5) is 24.5.